The van der Waals surface area contributed by atoms with Crippen LogP contribution in [0.3, 0.4) is 0 Å². The van der Waals surface area contributed by atoms with Crippen molar-refractivity contribution in [2.45, 2.75) is 26.0 Å². The molecule has 1 fully saturated rings. The number of ether oxygens (including phenoxy) is 1. The Labute approximate surface area is 66.0 Å². The van der Waals surface area contributed by atoms with Crippen LogP contribution >= 0.6 is 0 Å². The van der Waals surface area contributed by atoms with Crippen molar-refractivity contribution in [3.63, 3.8) is 0 Å². The van der Waals surface area contributed by atoms with Gasteiger partial charge >= 0.3 is 0 Å². The molecule has 1 aliphatic rings. The van der Waals surface area contributed by atoms with Gasteiger partial charge in [0.05, 0.1) is 5.69 Å². The lowest BCUT2D eigenvalue weighted by Gasteiger charge is -2.08. The summed E-state index contributed by atoms with van der Waals surface area (Å²) in [6, 6.07) is 2.00. The van der Waals surface area contributed by atoms with Crippen molar-refractivity contribution < 1.29 is 4.74 Å². The molecule has 1 aliphatic heterocycles. The van der Waals surface area contributed by atoms with E-state index in [2.05, 4.69) is 5.10 Å². The average Bonchev–Trinajstić information content (AvgIpc) is 2.55. The molecule has 0 spiro atoms. The van der Waals surface area contributed by atoms with Crippen molar-refractivity contribution in [3.05, 3.63) is 18.0 Å². The highest BCUT2D eigenvalue weighted by Gasteiger charge is 2.17. The second kappa shape index (κ2) is 2.66. The van der Waals surface area contributed by atoms with Crippen LogP contribution in [0.5, 0.6) is 0 Å². The van der Waals surface area contributed by atoms with Crippen LogP contribution in [0.1, 0.15) is 24.8 Å². The van der Waals surface area contributed by atoms with Crippen LogP contribution in [0.25, 0.3) is 0 Å². The van der Waals surface area contributed by atoms with Crippen molar-refractivity contribution in [2.75, 3.05) is 6.61 Å². The first-order valence-corrected chi connectivity index (χ1v) is 3.99. The molecule has 3 heteroatoms. The van der Waals surface area contributed by atoms with E-state index in [9.17, 15) is 0 Å². The molecule has 1 atom stereocenters. The second-order valence-corrected chi connectivity index (χ2v) is 2.90. The molecule has 0 aromatic carbocycles. The van der Waals surface area contributed by atoms with E-state index in [1.807, 2.05) is 23.9 Å². The van der Waals surface area contributed by atoms with E-state index < -0.39 is 0 Å². The molecule has 0 aliphatic carbocycles. The lowest BCUT2D eigenvalue weighted by Crippen LogP contribution is -2.07. The third-order valence-corrected chi connectivity index (χ3v) is 1.94. The number of hydrogen-bond acceptors (Lipinski definition) is 2. The van der Waals surface area contributed by atoms with Gasteiger partial charge in [-0.2, -0.15) is 5.10 Å². The topological polar surface area (TPSA) is 27.1 Å². The summed E-state index contributed by atoms with van der Waals surface area (Å²) in [5, 5.41) is 4.28. The van der Waals surface area contributed by atoms with E-state index >= 15 is 0 Å². The summed E-state index contributed by atoms with van der Waals surface area (Å²) >= 11 is 0. The smallest absolute Gasteiger partial charge is 0.150 e. The predicted molar refractivity (Wildman–Crippen MR) is 41.2 cm³/mol. The summed E-state index contributed by atoms with van der Waals surface area (Å²) in [5.41, 5.74) is 1.06. The molecule has 11 heavy (non-hydrogen) atoms. The van der Waals surface area contributed by atoms with Crippen LogP contribution in [0.4, 0.5) is 0 Å². The number of aryl methyl sites for hydroxylation is 1. The van der Waals surface area contributed by atoms with Gasteiger partial charge in [-0.25, -0.2) is 4.68 Å². The fraction of sp³-hybridized carbons (Fsp3) is 0.625. The zero-order valence-corrected chi connectivity index (χ0v) is 6.66. The maximum absolute atomic E-state index is 5.45. The van der Waals surface area contributed by atoms with Crippen LogP contribution in [-0.2, 0) is 4.74 Å². The van der Waals surface area contributed by atoms with Gasteiger partial charge in [-0.15, -0.1) is 0 Å². The summed E-state index contributed by atoms with van der Waals surface area (Å²) in [6.07, 6.45) is 4.43. The largest absolute Gasteiger partial charge is 0.357 e. The van der Waals surface area contributed by atoms with Gasteiger partial charge in [-0.3, -0.25) is 0 Å². The van der Waals surface area contributed by atoms with E-state index in [1.165, 1.54) is 0 Å². The van der Waals surface area contributed by atoms with E-state index in [4.69, 9.17) is 4.74 Å². The molecule has 3 nitrogen and oxygen atoms in total. The average molecular weight is 152 g/mol. The second-order valence-electron chi connectivity index (χ2n) is 2.90. The highest BCUT2D eigenvalue weighted by molar-refractivity contribution is 4.95. The maximum Gasteiger partial charge on any atom is 0.150 e. The minimum absolute atomic E-state index is 0.198. The van der Waals surface area contributed by atoms with Crippen LogP contribution < -0.4 is 0 Å². The Morgan fingerprint density at radius 2 is 2.64 bits per heavy atom. The molecular weight excluding hydrogens is 140 g/mol. The van der Waals surface area contributed by atoms with Crippen LogP contribution in [0, 0.1) is 6.92 Å². The monoisotopic (exact) mass is 152 g/mol. The molecule has 0 N–H and O–H groups in total. The van der Waals surface area contributed by atoms with Crippen LogP contribution in [0.15, 0.2) is 12.3 Å². The first-order valence-electron chi connectivity index (χ1n) is 3.99. The summed E-state index contributed by atoms with van der Waals surface area (Å²) in [4.78, 5) is 0. The zero-order chi connectivity index (χ0) is 7.68. The molecule has 0 bridgehead atoms. The fourth-order valence-electron chi connectivity index (χ4n) is 1.36. The van der Waals surface area contributed by atoms with Crippen molar-refractivity contribution in [2.24, 2.45) is 0 Å². The van der Waals surface area contributed by atoms with Crippen molar-refractivity contribution >= 4 is 0 Å². The van der Waals surface area contributed by atoms with Gasteiger partial charge in [0, 0.05) is 12.8 Å². The van der Waals surface area contributed by atoms with Gasteiger partial charge in [0.1, 0.15) is 6.23 Å². The first kappa shape index (κ1) is 6.85. The van der Waals surface area contributed by atoms with Gasteiger partial charge < -0.3 is 4.74 Å². The van der Waals surface area contributed by atoms with Gasteiger partial charge in [0.2, 0.25) is 0 Å². The van der Waals surface area contributed by atoms with Crippen molar-refractivity contribution in [1.82, 2.24) is 9.78 Å². The third-order valence-electron chi connectivity index (χ3n) is 1.94. The van der Waals surface area contributed by atoms with Gasteiger partial charge in [-0.1, -0.05) is 0 Å². The zero-order valence-electron chi connectivity index (χ0n) is 6.66. The summed E-state index contributed by atoms with van der Waals surface area (Å²) in [5.74, 6) is 0. The Kier molecular flexibility index (Phi) is 1.66. The lowest BCUT2D eigenvalue weighted by atomic mass is 10.3. The molecule has 1 aromatic rings. The molecule has 2 heterocycles. The fourth-order valence-corrected chi connectivity index (χ4v) is 1.36. The minimum atomic E-state index is 0.198. The number of hydrogen-bond donors (Lipinski definition) is 0. The Hall–Kier alpha value is -0.830. The van der Waals surface area contributed by atoms with Gasteiger partial charge in [0.25, 0.3) is 0 Å². The number of nitrogens with zero attached hydrogens (tertiary/aromatic N) is 2. The molecule has 2 rings (SSSR count). The number of aromatic nitrogens is 2. The highest BCUT2D eigenvalue weighted by atomic mass is 16.5. The molecule has 1 unspecified atom stereocenters. The molecule has 60 valence electrons. The highest BCUT2D eigenvalue weighted by Crippen LogP contribution is 2.21. The Bertz CT molecular complexity index is 238. The number of rotatable bonds is 1. The van der Waals surface area contributed by atoms with E-state index in [0.717, 1.165) is 25.1 Å². The normalized spacial score (nSPS) is 24.3. The summed E-state index contributed by atoms with van der Waals surface area (Å²) in [7, 11) is 0. The first-order chi connectivity index (χ1) is 5.36. The lowest BCUT2D eigenvalue weighted by molar-refractivity contribution is 0.0465. The van der Waals surface area contributed by atoms with E-state index in [1.54, 1.807) is 0 Å². The SMILES string of the molecule is Cc1ccn(C2CCCO2)n1. The standard InChI is InChI=1S/C8H12N2O/c1-7-4-5-10(9-7)8-3-2-6-11-8/h4-5,8H,2-3,6H2,1H3. The minimum Gasteiger partial charge on any atom is -0.357 e. The molecule has 1 saturated heterocycles. The van der Waals surface area contributed by atoms with Crippen LogP contribution in [0.2, 0.25) is 0 Å². The molecular formula is C8H12N2O. The summed E-state index contributed by atoms with van der Waals surface area (Å²) < 4.78 is 7.36. The summed E-state index contributed by atoms with van der Waals surface area (Å²) in [6.45, 7) is 2.87. The molecule has 0 saturated carbocycles. The van der Waals surface area contributed by atoms with Crippen LogP contribution in [-0.4, -0.2) is 16.4 Å². The van der Waals surface area contributed by atoms with Gasteiger partial charge in [-0.05, 0) is 25.8 Å². The molecule has 0 radical (unpaired) electrons. The van der Waals surface area contributed by atoms with E-state index in [0.29, 0.717) is 0 Å². The predicted octanol–water partition coefficient (Wildman–Crippen LogP) is 1.50. The molecule has 0 amide bonds. The third kappa shape index (κ3) is 1.28. The van der Waals surface area contributed by atoms with Crippen molar-refractivity contribution in [1.29, 1.82) is 0 Å². The molecule has 1 aromatic heterocycles. The Morgan fingerprint density at radius 1 is 1.73 bits per heavy atom. The quantitative estimate of drug-likeness (QED) is 0.609. The van der Waals surface area contributed by atoms with Crippen molar-refractivity contribution in [3.8, 4) is 0 Å². The Balaban J connectivity index is 2.15. The van der Waals surface area contributed by atoms with E-state index in [-0.39, 0.29) is 6.23 Å². The van der Waals surface area contributed by atoms with Gasteiger partial charge in [0.15, 0.2) is 0 Å². The maximum atomic E-state index is 5.45. The Morgan fingerprint density at radius 3 is 3.18 bits per heavy atom.